The lowest BCUT2D eigenvalue weighted by molar-refractivity contribution is 0.241. The minimum absolute atomic E-state index is 0.143. The Morgan fingerprint density at radius 2 is 2.00 bits per heavy atom. The first-order valence-electron chi connectivity index (χ1n) is 6.34. The van der Waals surface area contributed by atoms with Gasteiger partial charge in [-0.1, -0.05) is 25.6 Å². The van der Waals surface area contributed by atoms with E-state index in [1.54, 1.807) is 12.1 Å². The predicted octanol–water partition coefficient (Wildman–Crippen LogP) is 3.23. The SMILES string of the molecule is CC(C)C(CCO)NCc1ccc(CSC(F)F)o1. The highest BCUT2D eigenvalue weighted by Gasteiger charge is 2.13. The number of furan rings is 1. The van der Waals surface area contributed by atoms with Crippen LogP contribution in [0.25, 0.3) is 0 Å². The zero-order valence-electron chi connectivity index (χ0n) is 11.2. The molecule has 1 rings (SSSR count). The summed E-state index contributed by atoms with van der Waals surface area (Å²) < 4.78 is 29.5. The molecule has 0 fully saturated rings. The van der Waals surface area contributed by atoms with Crippen LogP contribution < -0.4 is 5.32 Å². The second-order valence-electron chi connectivity index (χ2n) is 4.68. The molecule has 0 aliphatic heterocycles. The van der Waals surface area contributed by atoms with Crippen LogP contribution in [0.5, 0.6) is 0 Å². The van der Waals surface area contributed by atoms with Crippen molar-refractivity contribution < 1.29 is 18.3 Å². The van der Waals surface area contributed by atoms with Gasteiger partial charge in [0.2, 0.25) is 0 Å². The fourth-order valence-corrected chi connectivity index (χ4v) is 2.23. The summed E-state index contributed by atoms with van der Waals surface area (Å²) in [6.45, 7) is 4.85. The Labute approximate surface area is 116 Å². The van der Waals surface area contributed by atoms with Gasteiger partial charge in [0.15, 0.2) is 0 Å². The van der Waals surface area contributed by atoms with Gasteiger partial charge in [-0.2, -0.15) is 8.78 Å². The van der Waals surface area contributed by atoms with Crippen LogP contribution in [0.2, 0.25) is 0 Å². The van der Waals surface area contributed by atoms with Crippen molar-refractivity contribution in [1.82, 2.24) is 5.32 Å². The van der Waals surface area contributed by atoms with E-state index in [2.05, 4.69) is 19.2 Å². The van der Waals surface area contributed by atoms with Gasteiger partial charge in [0, 0.05) is 12.6 Å². The molecule has 19 heavy (non-hydrogen) atoms. The quantitative estimate of drug-likeness (QED) is 0.734. The monoisotopic (exact) mass is 293 g/mol. The van der Waals surface area contributed by atoms with E-state index >= 15 is 0 Å². The predicted molar refractivity (Wildman–Crippen MR) is 73.2 cm³/mol. The van der Waals surface area contributed by atoms with Crippen LogP contribution in [0.4, 0.5) is 8.78 Å². The van der Waals surface area contributed by atoms with Gasteiger partial charge in [-0.05, 0) is 24.5 Å². The van der Waals surface area contributed by atoms with Crippen molar-refractivity contribution in [2.45, 2.75) is 44.4 Å². The summed E-state index contributed by atoms with van der Waals surface area (Å²) in [7, 11) is 0. The van der Waals surface area contributed by atoms with Crippen molar-refractivity contribution in [3.05, 3.63) is 23.7 Å². The number of alkyl halides is 2. The Balaban J connectivity index is 2.40. The van der Waals surface area contributed by atoms with Gasteiger partial charge in [-0.3, -0.25) is 0 Å². The van der Waals surface area contributed by atoms with E-state index in [9.17, 15) is 8.78 Å². The van der Waals surface area contributed by atoms with Crippen molar-refractivity contribution in [3.63, 3.8) is 0 Å². The Bertz CT molecular complexity index is 358. The minimum Gasteiger partial charge on any atom is -0.464 e. The average molecular weight is 293 g/mol. The van der Waals surface area contributed by atoms with E-state index < -0.39 is 5.76 Å². The topological polar surface area (TPSA) is 45.4 Å². The largest absolute Gasteiger partial charge is 0.464 e. The van der Waals surface area contributed by atoms with E-state index in [4.69, 9.17) is 9.52 Å². The van der Waals surface area contributed by atoms with Crippen molar-refractivity contribution in [1.29, 1.82) is 0 Å². The number of thioether (sulfide) groups is 1. The van der Waals surface area contributed by atoms with Crippen molar-refractivity contribution >= 4 is 11.8 Å². The summed E-state index contributed by atoms with van der Waals surface area (Å²) in [4.78, 5) is 0. The molecular formula is C13H21F2NO2S. The molecule has 0 saturated heterocycles. The summed E-state index contributed by atoms with van der Waals surface area (Å²) in [6, 6.07) is 3.74. The standard InChI is InChI=1S/C13H21F2NO2S/c1-9(2)12(5-6-17)16-7-10-3-4-11(18-10)8-19-13(14)15/h3-4,9,12-13,16-17H,5-8H2,1-2H3. The lowest BCUT2D eigenvalue weighted by atomic mass is 10.0. The Hall–Kier alpha value is -0.590. The number of hydrogen-bond donors (Lipinski definition) is 2. The molecule has 1 heterocycles. The van der Waals surface area contributed by atoms with Crippen LogP contribution >= 0.6 is 11.8 Å². The number of aliphatic hydroxyl groups is 1. The highest BCUT2D eigenvalue weighted by Crippen LogP contribution is 2.21. The summed E-state index contributed by atoms with van der Waals surface area (Å²) in [5.74, 6) is -0.488. The van der Waals surface area contributed by atoms with Crippen molar-refractivity contribution in [2.24, 2.45) is 5.92 Å². The zero-order chi connectivity index (χ0) is 14.3. The maximum atomic E-state index is 12.0. The molecule has 3 nitrogen and oxygen atoms in total. The molecule has 110 valence electrons. The van der Waals surface area contributed by atoms with E-state index in [-0.39, 0.29) is 18.4 Å². The van der Waals surface area contributed by atoms with Crippen molar-refractivity contribution in [3.8, 4) is 0 Å². The maximum absolute atomic E-state index is 12.0. The van der Waals surface area contributed by atoms with Crippen molar-refractivity contribution in [2.75, 3.05) is 6.61 Å². The Morgan fingerprint density at radius 1 is 1.32 bits per heavy atom. The molecule has 0 amide bonds. The van der Waals surface area contributed by atoms with Crippen LogP contribution in [-0.2, 0) is 12.3 Å². The molecule has 6 heteroatoms. The molecule has 1 aromatic heterocycles. The van der Waals surface area contributed by atoms with Crippen LogP contribution in [0.1, 0.15) is 31.8 Å². The van der Waals surface area contributed by atoms with Crippen LogP contribution in [-0.4, -0.2) is 23.5 Å². The lowest BCUT2D eigenvalue weighted by Crippen LogP contribution is -2.34. The highest BCUT2D eigenvalue weighted by molar-refractivity contribution is 7.98. The van der Waals surface area contributed by atoms with E-state index in [0.29, 0.717) is 36.4 Å². The lowest BCUT2D eigenvalue weighted by Gasteiger charge is -2.20. The normalized spacial score (nSPS) is 13.4. The van der Waals surface area contributed by atoms with E-state index in [0.717, 1.165) is 5.76 Å². The molecular weight excluding hydrogens is 272 g/mol. The maximum Gasteiger partial charge on any atom is 0.284 e. The van der Waals surface area contributed by atoms with Gasteiger partial charge in [-0.25, -0.2) is 0 Å². The molecule has 0 aliphatic rings. The molecule has 0 aliphatic carbocycles. The van der Waals surface area contributed by atoms with Gasteiger partial charge in [-0.15, -0.1) is 0 Å². The van der Waals surface area contributed by atoms with Crippen LogP contribution in [0.15, 0.2) is 16.5 Å². The second kappa shape index (κ2) is 8.55. The molecule has 0 bridgehead atoms. The molecule has 0 spiro atoms. The third kappa shape index (κ3) is 6.40. The molecule has 2 N–H and O–H groups in total. The van der Waals surface area contributed by atoms with E-state index in [1.807, 2.05) is 0 Å². The van der Waals surface area contributed by atoms with Gasteiger partial charge < -0.3 is 14.8 Å². The number of nitrogens with one attached hydrogen (secondary N) is 1. The molecule has 0 saturated carbocycles. The Kier molecular flexibility index (Phi) is 7.41. The number of halogens is 2. The molecule has 1 unspecified atom stereocenters. The molecule has 0 radical (unpaired) electrons. The van der Waals surface area contributed by atoms with Gasteiger partial charge in [0.25, 0.3) is 5.76 Å². The fourth-order valence-electron chi connectivity index (χ4n) is 1.78. The second-order valence-corrected chi connectivity index (χ2v) is 5.66. The smallest absolute Gasteiger partial charge is 0.284 e. The molecule has 1 aromatic rings. The first kappa shape index (κ1) is 16.5. The van der Waals surface area contributed by atoms with Gasteiger partial charge >= 0.3 is 0 Å². The first-order valence-corrected chi connectivity index (χ1v) is 7.39. The van der Waals surface area contributed by atoms with Gasteiger partial charge in [0.1, 0.15) is 11.5 Å². The fraction of sp³-hybridized carbons (Fsp3) is 0.692. The minimum atomic E-state index is -2.37. The van der Waals surface area contributed by atoms with Crippen LogP contribution in [0.3, 0.4) is 0 Å². The first-order chi connectivity index (χ1) is 9.02. The third-order valence-electron chi connectivity index (χ3n) is 2.85. The third-order valence-corrected chi connectivity index (χ3v) is 3.56. The van der Waals surface area contributed by atoms with E-state index in [1.165, 1.54) is 0 Å². The number of rotatable bonds is 9. The Morgan fingerprint density at radius 3 is 2.58 bits per heavy atom. The summed E-state index contributed by atoms with van der Waals surface area (Å²) in [5, 5.41) is 12.3. The summed E-state index contributed by atoms with van der Waals surface area (Å²) in [5.41, 5.74) is 0. The summed E-state index contributed by atoms with van der Waals surface area (Å²) in [6.07, 6.45) is 0.687. The molecule has 1 atom stereocenters. The average Bonchev–Trinajstić information content (AvgIpc) is 2.79. The van der Waals surface area contributed by atoms with Crippen LogP contribution in [0, 0.1) is 5.92 Å². The summed E-state index contributed by atoms with van der Waals surface area (Å²) >= 11 is 0.555. The van der Waals surface area contributed by atoms with Gasteiger partial charge in [0.05, 0.1) is 12.3 Å². The number of aliphatic hydroxyl groups excluding tert-OH is 1. The highest BCUT2D eigenvalue weighted by atomic mass is 32.2. The zero-order valence-corrected chi connectivity index (χ0v) is 12.1. The molecule has 0 aromatic carbocycles. The number of hydrogen-bond acceptors (Lipinski definition) is 4.